The Morgan fingerprint density at radius 3 is 2.78 bits per heavy atom. The Labute approximate surface area is 56.3 Å². The number of rotatable bonds is 1. The van der Waals surface area contributed by atoms with Crippen LogP contribution in [0.4, 0.5) is 0 Å². The summed E-state index contributed by atoms with van der Waals surface area (Å²) in [6.07, 6.45) is 8.61. The van der Waals surface area contributed by atoms with E-state index in [1.165, 1.54) is 19.3 Å². The molecule has 2 bridgehead atoms. The second-order valence-corrected chi connectivity index (χ2v) is 3.05. The summed E-state index contributed by atoms with van der Waals surface area (Å²) >= 11 is 0. The zero-order valence-corrected chi connectivity index (χ0v) is 5.85. The zero-order valence-electron chi connectivity index (χ0n) is 5.85. The van der Waals surface area contributed by atoms with Crippen LogP contribution in [-0.4, -0.2) is 0 Å². The Hall–Kier alpha value is -0.520. The molecule has 0 aliphatic heterocycles. The second kappa shape index (κ2) is 1.73. The van der Waals surface area contributed by atoms with Gasteiger partial charge in [0.2, 0.25) is 0 Å². The Kier molecular flexibility index (Phi) is 1.01. The molecule has 2 aliphatic carbocycles. The van der Waals surface area contributed by atoms with Gasteiger partial charge < -0.3 is 0 Å². The molecular formula is C9H12. The number of hydrogen-bond donors (Lipinski definition) is 0. The van der Waals surface area contributed by atoms with E-state index in [0.29, 0.717) is 0 Å². The summed E-state index contributed by atoms with van der Waals surface area (Å²) < 4.78 is 0. The predicted molar refractivity (Wildman–Crippen MR) is 39.2 cm³/mol. The lowest BCUT2D eigenvalue weighted by Crippen LogP contribution is -1.94. The fraction of sp³-hybridized carbons (Fsp3) is 0.556. The molecule has 1 unspecified atom stereocenters. The minimum Gasteiger partial charge on any atom is -0.0656 e. The van der Waals surface area contributed by atoms with E-state index < -0.39 is 0 Å². The largest absolute Gasteiger partial charge is 0.0656 e. The van der Waals surface area contributed by atoms with Crippen LogP contribution in [0, 0.1) is 5.92 Å². The smallest absolute Gasteiger partial charge is 0.00991 e. The van der Waals surface area contributed by atoms with Crippen LogP contribution in [0.3, 0.4) is 0 Å². The lowest BCUT2D eigenvalue weighted by molar-refractivity contribution is 0.627. The van der Waals surface area contributed by atoms with Gasteiger partial charge in [-0.15, -0.1) is 0 Å². The van der Waals surface area contributed by atoms with E-state index in [1.54, 1.807) is 11.1 Å². The molecule has 0 nitrogen and oxygen atoms in total. The minimum absolute atomic E-state index is 0.921. The molecule has 1 saturated carbocycles. The highest BCUT2D eigenvalue weighted by molar-refractivity contribution is 5.38. The molecule has 2 rings (SSSR count). The molecule has 0 aromatic heterocycles. The van der Waals surface area contributed by atoms with Crippen molar-refractivity contribution in [3.05, 3.63) is 23.3 Å². The van der Waals surface area contributed by atoms with Gasteiger partial charge in [0.25, 0.3) is 0 Å². The number of hydrogen-bond acceptors (Lipinski definition) is 0. The third kappa shape index (κ3) is 0.658. The van der Waals surface area contributed by atoms with E-state index in [4.69, 9.17) is 0 Å². The van der Waals surface area contributed by atoms with Crippen LogP contribution >= 0.6 is 0 Å². The summed E-state index contributed by atoms with van der Waals surface area (Å²) in [5.41, 5.74) is 3.35. The predicted octanol–water partition coefficient (Wildman–Crippen LogP) is 2.67. The van der Waals surface area contributed by atoms with Crippen molar-refractivity contribution in [3.8, 4) is 0 Å². The Balaban J connectivity index is 2.21. The average molecular weight is 120 g/mol. The standard InChI is InChI=1S/C9H12/c1-2-8-5-7-3-4-9(8)6-7/h3-4,8H,2,5-6H2,1H3. The molecule has 0 amide bonds. The molecule has 48 valence electrons. The first-order valence-electron chi connectivity index (χ1n) is 3.78. The maximum absolute atomic E-state index is 2.31. The maximum Gasteiger partial charge on any atom is -0.00991 e. The van der Waals surface area contributed by atoms with Crippen molar-refractivity contribution in [2.45, 2.75) is 26.2 Å². The first kappa shape index (κ1) is 5.28. The van der Waals surface area contributed by atoms with Gasteiger partial charge in [0.1, 0.15) is 0 Å². The maximum atomic E-state index is 2.31. The third-order valence-electron chi connectivity index (χ3n) is 2.49. The summed E-state index contributed by atoms with van der Waals surface area (Å²) in [4.78, 5) is 0. The quantitative estimate of drug-likeness (QED) is 0.499. The number of fused-ring (bicyclic) bond motifs is 2. The molecule has 1 atom stereocenters. The van der Waals surface area contributed by atoms with Crippen molar-refractivity contribution in [2.24, 2.45) is 5.92 Å². The van der Waals surface area contributed by atoms with Crippen molar-refractivity contribution in [1.29, 1.82) is 0 Å². The monoisotopic (exact) mass is 120 g/mol. The summed E-state index contributed by atoms with van der Waals surface area (Å²) in [5, 5.41) is 0. The molecular weight excluding hydrogens is 108 g/mol. The van der Waals surface area contributed by atoms with Gasteiger partial charge in [-0.05, 0) is 25.2 Å². The summed E-state index contributed by atoms with van der Waals surface area (Å²) in [6, 6.07) is 0. The lowest BCUT2D eigenvalue weighted by atomic mass is 9.98. The summed E-state index contributed by atoms with van der Waals surface area (Å²) in [6.45, 7) is 2.28. The van der Waals surface area contributed by atoms with Crippen LogP contribution in [0.2, 0.25) is 0 Å². The van der Waals surface area contributed by atoms with Crippen molar-refractivity contribution in [1.82, 2.24) is 0 Å². The molecule has 0 heterocycles. The van der Waals surface area contributed by atoms with E-state index in [1.807, 2.05) is 0 Å². The van der Waals surface area contributed by atoms with E-state index in [-0.39, 0.29) is 0 Å². The molecule has 9 heavy (non-hydrogen) atoms. The molecule has 2 aliphatic rings. The van der Waals surface area contributed by atoms with Gasteiger partial charge in [-0.2, -0.15) is 0 Å². The molecule has 0 radical (unpaired) electrons. The van der Waals surface area contributed by atoms with Crippen molar-refractivity contribution >= 4 is 0 Å². The van der Waals surface area contributed by atoms with Crippen molar-refractivity contribution < 1.29 is 0 Å². The van der Waals surface area contributed by atoms with E-state index in [9.17, 15) is 0 Å². The van der Waals surface area contributed by atoms with Gasteiger partial charge in [0, 0.05) is 0 Å². The fourth-order valence-electron chi connectivity index (χ4n) is 1.88. The van der Waals surface area contributed by atoms with Crippen molar-refractivity contribution in [3.63, 3.8) is 0 Å². The first-order chi connectivity index (χ1) is 4.40. The molecule has 0 spiro atoms. The van der Waals surface area contributed by atoms with Crippen LogP contribution in [-0.2, 0) is 0 Å². The van der Waals surface area contributed by atoms with Crippen LogP contribution < -0.4 is 0 Å². The van der Waals surface area contributed by atoms with Gasteiger partial charge in [-0.3, -0.25) is 0 Å². The molecule has 0 saturated heterocycles. The van der Waals surface area contributed by atoms with Crippen LogP contribution in [0.25, 0.3) is 0 Å². The van der Waals surface area contributed by atoms with Crippen molar-refractivity contribution in [2.75, 3.05) is 0 Å². The highest BCUT2D eigenvalue weighted by atomic mass is 14.3. The topological polar surface area (TPSA) is 0 Å². The van der Waals surface area contributed by atoms with Gasteiger partial charge in [-0.1, -0.05) is 30.2 Å². The Morgan fingerprint density at radius 1 is 1.56 bits per heavy atom. The lowest BCUT2D eigenvalue weighted by Gasteiger charge is -2.07. The average Bonchev–Trinajstić information content (AvgIpc) is 2.45. The highest BCUT2D eigenvalue weighted by Gasteiger charge is 2.25. The van der Waals surface area contributed by atoms with Gasteiger partial charge in [0.05, 0.1) is 0 Å². The SMILES string of the molecule is CCC1CC2=CC=C1C2. The van der Waals surface area contributed by atoms with E-state index >= 15 is 0 Å². The molecule has 0 aromatic carbocycles. The van der Waals surface area contributed by atoms with Crippen LogP contribution in [0.5, 0.6) is 0 Å². The van der Waals surface area contributed by atoms with E-state index in [2.05, 4.69) is 19.1 Å². The zero-order chi connectivity index (χ0) is 6.27. The number of allylic oxidation sites excluding steroid dienone is 4. The molecule has 0 heteroatoms. The third-order valence-corrected chi connectivity index (χ3v) is 2.49. The highest BCUT2D eigenvalue weighted by Crippen LogP contribution is 2.41. The van der Waals surface area contributed by atoms with E-state index in [0.717, 1.165) is 5.92 Å². The van der Waals surface area contributed by atoms with Gasteiger partial charge >= 0.3 is 0 Å². The summed E-state index contributed by atoms with van der Waals surface area (Å²) in [5.74, 6) is 0.921. The fourth-order valence-corrected chi connectivity index (χ4v) is 1.88. The van der Waals surface area contributed by atoms with Crippen LogP contribution in [0.1, 0.15) is 26.2 Å². The van der Waals surface area contributed by atoms with Gasteiger partial charge in [0.15, 0.2) is 0 Å². The second-order valence-electron chi connectivity index (χ2n) is 3.05. The molecule has 1 fully saturated rings. The Bertz CT molecular complexity index is 184. The minimum atomic E-state index is 0.921. The summed E-state index contributed by atoms with van der Waals surface area (Å²) in [7, 11) is 0. The molecule has 0 N–H and O–H groups in total. The normalized spacial score (nSPS) is 30.6. The van der Waals surface area contributed by atoms with Crippen LogP contribution in [0.15, 0.2) is 23.3 Å². The first-order valence-corrected chi connectivity index (χ1v) is 3.78. The molecule has 0 aromatic rings. The van der Waals surface area contributed by atoms with Gasteiger partial charge in [-0.25, -0.2) is 0 Å². The Morgan fingerprint density at radius 2 is 2.44 bits per heavy atom.